The standard InChI is InChI=1S/C10H12BrNO/c1-2-7-12-10(13)8-5-3-4-6-9(8)11/h3-6H,2,7H2,1H3,(H,12,13). The van der Waals surface area contributed by atoms with E-state index in [1.165, 1.54) is 0 Å². The molecule has 1 rings (SSSR count). The summed E-state index contributed by atoms with van der Waals surface area (Å²) in [6.45, 7) is 2.75. The largest absolute Gasteiger partial charge is 0.352 e. The third-order valence-corrected chi connectivity index (χ3v) is 2.35. The summed E-state index contributed by atoms with van der Waals surface area (Å²) in [6.07, 6.45) is 0.955. The lowest BCUT2D eigenvalue weighted by atomic mass is 10.2. The zero-order valence-corrected chi connectivity index (χ0v) is 9.10. The second-order valence-corrected chi connectivity index (χ2v) is 3.59. The van der Waals surface area contributed by atoms with Crippen LogP contribution in [0.4, 0.5) is 0 Å². The van der Waals surface area contributed by atoms with Crippen LogP contribution in [0.5, 0.6) is 0 Å². The third-order valence-electron chi connectivity index (χ3n) is 1.65. The van der Waals surface area contributed by atoms with E-state index in [-0.39, 0.29) is 5.91 Å². The van der Waals surface area contributed by atoms with Crippen molar-refractivity contribution in [3.63, 3.8) is 0 Å². The van der Waals surface area contributed by atoms with Crippen LogP contribution in [0.25, 0.3) is 0 Å². The van der Waals surface area contributed by atoms with Crippen LogP contribution in [-0.4, -0.2) is 12.5 Å². The maximum Gasteiger partial charge on any atom is 0.252 e. The fraction of sp³-hybridized carbons (Fsp3) is 0.300. The molecule has 0 aliphatic rings. The molecule has 0 saturated heterocycles. The number of rotatable bonds is 3. The minimum absolute atomic E-state index is 0.0191. The molecule has 0 radical (unpaired) electrons. The Kier molecular flexibility index (Phi) is 3.96. The van der Waals surface area contributed by atoms with Gasteiger partial charge in [-0.15, -0.1) is 0 Å². The first-order chi connectivity index (χ1) is 6.25. The zero-order chi connectivity index (χ0) is 9.68. The van der Waals surface area contributed by atoms with Crippen LogP contribution in [-0.2, 0) is 0 Å². The summed E-state index contributed by atoms with van der Waals surface area (Å²) in [5.74, 6) is -0.0191. The summed E-state index contributed by atoms with van der Waals surface area (Å²) in [4.78, 5) is 11.5. The van der Waals surface area contributed by atoms with Crippen LogP contribution in [0.2, 0.25) is 0 Å². The van der Waals surface area contributed by atoms with Gasteiger partial charge in [0.2, 0.25) is 0 Å². The minimum Gasteiger partial charge on any atom is -0.352 e. The van der Waals surface area contributed by atoms with Gasteiger partial charge in [0.05, 0.1) is 5.56 Å². The van der Waals surface area contributed by atoms with Crippen LogP contribution < -0.4 is 5.32 Å². The number of halogens is 1. The van der Waals surface area contributed by atoms with Gasteiger partial charge in [-0.05, 0) is 34.5 Å². The number of nitrogens with one attached hydrogen (secondary N) is 1. The quantitative estimate of drug-likeness (QED) is 0.867. The van der Waals surface area contributed by atoms with E-state index in [2.05, 4.69) is 21.2 Å². The number of carbonyl (C=O) groups excluding carboxylic acids is 1. The van der Waals surface area contributed by atoms with Gasteiger partial charge in [0.25, 0.3) is 5.91 Å². The molecule has 1 aromatic rings. The van der Waals surface area contributed by atoms with Gasteiger partial charge in [0, 0.05) is 11.0 Å². The molecule has 0 bridgehead atoms. The number of benzene rings is 1. The Morgan fingerprint density at radius 3 is 2.77 bits per heavy atom. The number of amides is 1. The number of hydrogen-bond acceptors (Lipinski definition) is 1. The van der Waals surface area contributed by atoms with Gasteiger partial charge in [-0.1, -0.05) is 19.1 Å². The first-order valence-electron chi connectivity index (χ1n) is 4.28. The van der Waals surface area contributed by atoms with Crippen molar-refractivity contribution in [2.45, 2.75) is 13.3 Å². The van der Waals surface area contributed by atoms with E-state index in [0.29, 0.717) is 5.56 Å². The molecule has 13 heavy (non-hydrogen) atoms. The second-order valence-electron chi connectivity index (χ2n) is 2.74. The van der Waals surface area contributed by atoms with Crippen LogP contribution in [0, 0.1) is 0 Å². The molecule has 1 amide bonds. The highest BCUT2D eigenvalue weighted by Gasteiger charge is 2.06. The number of hydrogen-bond donors (Lipinski definition) is 1. The molecule has 0 atom stereocenters. The Balaban J connectivity index is 2.71. The van der Waals surface area contributed by atoms with E-state index >= 15 is 0 Å². The first kappa shape index (κ1) is 10.3. The van der Waals surface area contributed by atoms with E-state index in [0.717, 1.165) is 17.4 Å². The van der Waals surface area contributed by atoms with Crippen molar-refractivity contribution in [3.05, 3.63) is 34.3 Å². The first-order valence-corrected chi connectivity index (χ1v) is 5.07. The van der Waals surface area contributed by atoms with E-state index in [1.807, 2.05) is 25.1 Å². The molecule has 0 heterocycles. The van der Waals surface area contributed by atoms with Crippen molar-refractivity contribution in [2.24, 2.45) is 0 Å². The molecule has 1 N–H and O–H groups in total. The van der Waals surface area contributed by atoms with Gasteiger partial charge in [-0.3, -0.25) is 4.79 Å². The van der Waals surface area contributed by atoms with E-state index < -0.39 is 0 Å². The lowest BCUT2D eigenvalue weighted by molar-refractivity contribution is 0.0953. The molecule has 2 nitrogen and oxygen atoms in total. The molecule has 0 saturated carbocycles. The van der Waals surface area contributed by atoms with Crippen LogP contribution in [0.3, 0.4) is 0 Å². The molecular formula is C10H12BrNO. The SMILES string of the molecule is CCCNC(=O)c1ccccc1Br. The molecular weight excluding hydrogens is 230 g/mol. The number of carbonyl (C=O) groups is 1. The minimum atomic E-state index is -0.0191. The summed E-state index contributed by atoms with van der Waals surface area (Å²) in [5.41, 5.74) is 0.691. The van der Waals surface area contributed by atoms with Crippen molar-refractivity contribution in [1.29, 1.82) is 0 Å². The van der Waals surface area contributed by atoms with Gasteiger partial charge in [0.1, 0.15) is 0 Å². The van der Waals surface area contributed by atoms with Crippen molar-refractivity contribution in [2.75, 3.05) is 6.54 Å². The molecule has 0 spiro atoms. The molecule has 0 aliphatic carbocycles. The average Bonchev–Trinajstić information content (AvgIpc) is 2.15. The smallest absolute Gasteiger partial charge is 0.252 e. The molecule has 0 aromatic heterocycles. The van der Waals surface area contributed by atoms with Gasteiger partial charge >= 0.3 is 0 Å². The Morgan fingerprint density at radius 2 is 2.15 bits per heavy atom. The van der Waals surface area contributed by atoms with Crippen LogP contribution in [0.15, 0.2) is 28.7 Å². The van der Waals surface area contributed by atoms with Gasteiger partial charge in [-0.2, -0.15) is 0 Å². The summed E-state index contributed by atoms with van der Waals surface area (Å²) < 4.78 is 0.837. The fourth-order valence-electron chi connectivity index (χ4n) is 0.979. The summed E-state index contributed by atoms with van der Waals surface area (Å²) in [6, 6.07) is 7.40. The lowest BCUT2D eigenvalue weighted by Crippen LogP contribution is -2.24. The summed E-state index contributed by atoms with van der Waals surface area (Å²) >= 11 is 3.33. The predicted octanol–water partition coefficient (Wildman–Crippen LogP) is 2.59. The van der Waals surface area contributed by atoms with E-state index in [1.54, 1.807) is 6.07 Å². The summed E-state index contributed by atoms with van der Waals surface area (Å²) in [5, 5.41) is 2.82. The molecule has 0 unspecified atom stereocenters. The maximum absolute atomic E-state index is 11.5. The third kappa shape index (κ3) is 2.84. The zero-order valence-electron chi connectivity index (χ0n) is 7.51. The Labute approximate surface area is 86.5 Å². The van der Waals surface area contributed by atoms with E-state index in [4.69, 9.17) is 0 Å². The van der Waals surface area contributed by atoms with Gasteiger partial charge < -0.3 is 5.32 Å². The molecule has 0 aliphatic heterocycles. The van der Waals surface area contributed by atoms with Crippen LogP contribution in [0.1, 0.15) is 23.7 Å². The molecule has 3 heteroatoms. The van der Waals surface area contributed by atoms with Crippen molar-refractivity contribution in [1.82, 2.24) is 5.32 Å². The summed E-state index contributed by atoms with van der Waals surface area (Å²) in [7, 11) is 0. The van der Waals surface area contributed by atoms with Crippen LogP contribution >= 0.6 is 15.9 Å². The second kappa shape index (κ2) is 5.02. The molecule has 70 valence electrons. The lowest BCUT2D eigenvalue weighted by Gasteiger charge is -2.04. The van der Waals surface area contributed by atoms with Gasteiger partial charge in [0.15, 0.2) is 0 Å². The highest BCUT2D eigenvalue weighted by Crippen LogP contribution is 2.15. The Morgan fingerprint density at radius 1 is 1.46 bits per heavy atom. The maximum atomic E-state index is 11.5. The van der Waals surface area contributed by atoms with E-state index in [9.17, 15) is 4.79 Å². The van der Waals surface area contributed by atoms with Crippen molar-refractivity contribution < 1.29 is 4.79 Å². The fourth-order valence-corrected chi connectivity index (χ4v) is 1.44. The molecule has 1 aromatic carbocycles. The Bertz CT molecular complexity index is 299. The van der Waals surface area contributed by atoms with Crippen molar-refractivity contribution in [3.8, 4) is 0 Å². The molecule has 0 fully saturated rings. The average molecular weight is 242 g/mol. The normalized spacial score (nSPS) is 9.69. The highest BCUT2D eigenvalue weighted by molar-refractivity contribution is 9.10. The van der Waals surface area contributed by atoms with Gasteiger partial charge in [-0.25, -0.2) is 0 Å². The topological polar surface area (TPSA) is 29.1 Å². The highest BCUT2D eigenvalue weighted by atomic mass is 79.9. The van der Waals surface area contributed by atoms with Crippen molar-refractivity contribution >= 4 is 21.8 Å². The predicted molar refractivity (Wildman–Crippen MR) is 56.8 cm³/mol. The monoisotopic (exact) mass is 241 g/mol. The Hall–Kier alpha value is -0.830.